The Hall–Kier alpha value is -1.03. The van der Waals surface area contributed by atoms with E-state index in [9.17, 15) is 9.90 Å². The van der Waals surface area contributed by atoms with E-state index >= 15 is 0 Å². The smallest absolute Gasteiger partial charge is 0.252 e. The van der Waals surface area contributed by atoms with Gasteiger partial charge in [0.25, 0.3) is 6.16 Å². The highest BCUT2D eigenvalue weighted by Gasteiger charge is 2.04. The first-order chi connectivity index (χ1) is 10.3. The summed E-state index contributed by atoms with van der Waals surface area (Å²) in [6.07, 6.45) is 12.7. The van der Waals surface area contributed by atoms with Crippen molar-refractivity contribution in [3.8, 4) is 0 Å². The van der Waals surface area contributed by atoms with Crippen LogP contribution in [0, 0.1) is 0 Å². The van der Waals surface area contributed by atoms with Crippen molar-refractivity contribution in [2.75, 3.05) is 34.3 Å². The first-order valence-corrected chi connectivity index (χ1v) is 8.58. The van der Waals surface area contributed by atoms with Crippen LogP contribution in [-0.4, -0.2) is 44.9 Å². The van der Waals surface area contributed by atoms with Gasteiger partial charge in [0.05, 0.1) is 27.7 Å². The third-order valence-electron chi connectivity index (χ3n) is 3.25. The van der Waals surface area contributed by atoms with Gasteiger partial charge in [-0.25, -0.2) is 0 Å². The molecule has 0 atom stereocenters. The SMILES string of the molecule is C=CCOC(=O)[O-].CCCCCCCCCCC[N+](C)(C)C. The molecule has 4 heteroatoms. The standard InChI is InChI=1S/C14H32N.C4H6O3/c1-5-6-7-8-9-10-11-12-13-14-15(2,3)4;1-2-3-7-4(5)6/h5-14H2,1-4H3;2H,1,3H2,(H,5,6)/q+1;/p-1. The van der Waals surface area contributed by atoms with Gasteiger partial charge in [-0.15, -0.1) is 6.58 Å². The molecule has 0 saturated carbocycles. The van der Waals surface area contributed by atoms with Crippen LogP contribution in [0.3, 0.4) is 0 Å². The molecule has 0 bridgehead atoms. The van der Waals surface area contributed by atoms with E-state index in [2.05, 4.69) is 39.4 Å². The minimum absolute atomic E-state index is 0.00231. The third kappa shape index (κ3) is 27.3. The summed E-state index contributed by atoms with van der Waals surface area (Å²) >= 11 is 0. The molecular weight excluding hydrogens is 278 g/mol. The maximum Gasteiger partial charge on any atom is 0.252 e. The first kappa shape index (κ1) is 23.2. The number of nitrogens with zero attached hydrogens (tertiary/aromatic N) is 1. The summed E-state index contributed by atoms with van der Waals surface area (Å²) in [4.78, 5) is 9.38. The molecule has 0 aliphatic rings. The number of carboxylic acid groups (broad SMARTS) is 1. The Morgan fingerprint density at radius 2 is 1.45 bits per heavy atom. The van der Waals surface area contributed by atoms with Crippen LogP contribution in [0.5, 0.6) is 0 Å². The van der Waals surface area contributed by atoms with E-state index in [0.29, 0.717) is 0 Å². The Morgan fingerprint density at radius 1 is 1.00 bits per heavy atom. The zero-order valence-corrected chi connectivity index (χ0v) is 15.2. The van der Waals surface area contributed by atoms with Crippen LogP contribution >= 0.6 is 0 Å². The number of carbonyl (C=O) groups is 1. The van der Waals surface area contributed by atoms with Crippen LogP contribution in [0.25, 0.3) is 0 Å². The van der Waals surface area contributed by atoms with Gasteiger partial charge in [-0.05, 0) is 12.8 Å². The van der Waals surface area contributed by atoms with Crippen molar-refractivity contribution in [1.29, 1.82) is 0 Å². The largest absolute Gasteiger partial charge is 0.546 e. The average molecular weight is 315 g/mol. The van der Waals surface area contributed by atoms with E-state index in [-0.39, 0.29) is 6.61 Å². The molecule has 22 heavy (non-hydrogen) atoms. The summed E-state index contributed by atoms with van der Waals surface area (Å²) in [5.74, 6) is 0. The van der Waals surface area contributed by atoms with Crippen LogP contribution < -0.4 is 5.11 Å². The Bertz CT molecular complexity index is 260. The quantitative estimate of drug-likeness (QED) is 0.238. The van der Waals surface area contributed by atoms with Crippen LogP contribution in [0.2, 0.25) is 0 Å². The Kier molecular flexibility index (Phi) is 17.3. The van der Waals surface area contributed by atoms with Gasteiger partial charge >= 0.3 is 0 Å². The molecule has 0 heterocycles. The lowest BCUT2D eigenvalue weighted by Crippen LogP contribution is -2.35. The predicted molar refractivity (Wildman–Crippen MR) is 91.7 cm³/mol. The molecular formula is C18H37NO3. The van der Waals surface area contributed by atoms with E-state index in [1.807, 2.05) is 0 Å². The second-order valence-electron chi connectivity index (χ2n) is 6.69. The summed E-state index contributed by atoms with van der Waals surface area (Å²) in [6.45, 7) is 6.83. The van der Waals surface area contributed by atoms with Gasteiger partial charge in [0.2, 0.25) is 0 Å². The lowest BCUT2D eigenvalue weighted by Gasteiger charge is -2.23. The predicted octanol–water partition coefficient (Wildman–Crippen LogP) is 3.76. The Balaban J connectivity index is 0. The average Bonchev–Trinajstić information content (AvgIpc) is 2.43. The van der Waals surface area contributed by atoms with Gasteiger partial charge in [0, 0.05) is 6.61 Å². The van der Waals surface area contributed by atoms with Crippen molar-refractivity contribution in [2.24, 2.45) is 0 Å². The molecule has 0 saturated heterocycles. The number of quaternary nitrogens is 1. The van der Waals surface area contributed by atoms with E-state index in [1.54, 1.807) is 0 Å². The molecule has 0 aromatic rings. The molecule has 0 N–H and O–H groups in total. The summed E-state index contributed by atoms with van der Waals surface area (Å²) in [7, 11) is 6.85. The fourth-order valence-corrected chi connectivity index (χ4v) is 2.02. The number of hydrogen-bond acceptors (Lipinski definition) is 3. The third-order valence-corrected chi connectivity index (χ3v) is 3.25. The highest BCUT2D eigenvalue weighted by atomic mass is 16.7. The van der Waals surface area contributed by atoms with Gasteiger partial charge < -0.3 is 19.1 Å². The molecule has 0 aliphatic heterocycles. The number of hydrogen-bond donors (Lipinski definition) is 0. The van der Waals surface area contributed by atoms with E-state index in [0.717, 1.165) is 4.48 Å². The van der Waals surface area contributed by atoms with Crippen LogP contribution in [0.1, 0.15) is 64.7 Å². The van der Waals surface area contributed by atoms with Crippen molar-refractivity contribution < 1.29 is 19.1 Å². The van der Waals surface area contributed by atoms with Crippen LogP contribution in [0.15, 0.2) is 12.7 Å². The first-order valence-electron chi connectivity index (χ1n) is 8.58. The molecule has 0 fully saturated rings. The molecule has 0 rings (SSSR count). The highest BCUT2D eigenvalue weighted by molar-refractivity contribution is 5.54. The van der Waals surface area contributed by atoms with Crippen molar-refractivity contribution >= 4 is 6.16 Å². The maximum atomic E-state index is 9.38. The monoisotopic (exact) mass is 315 g/mol. The molecule has 0 aromatic carbocycles. The summed E-state index contributed by atoms with van der Waals surface area (Å²) in [5.41, 5.74) is 0. The molecule has 0 radical (unpaired) electrons. The molecule has 0 aliphatic carbocycles. The summed E-state index contributed by atoms with van der Waals surface area (Å²) < 4.78 is 5.00. The highest BCUT2D eigenvalue weighted by Crippen LogP contribution is 2.10. The van der Waals surface area contributed by atoms with Crippen LogP contribution in [0.4, 0.5) is 4.79 Å². The van der Waals surface area contributed by atoms with Gasteiger partial charge in [0.1, 0.15) is 0 Å². The minimum Gasteiger partial charge on any atom is -0.546 e. The second kappa shape index (κ2) is 16.3. The van der Waals surface area contributed by atoms with Gasteiger partial charge in [-0.1, -0.05) is 57.9 Å². The van der Waals surface area contributed by atoms with Crippen molar-refractivity contribution in [3.63, 3.8) is 0 Å². The molecule has 0 amide bonds. The number of rotatable bonds is 12. The molecule has 0 spiro atoms. The fraction of sp³-hybridized carbons (Fsp3) is 0.833. The second-order valence-corrected chi connectivity index (χ2v) is 6.69. The van der Waals surface area contributed by atoms with E-state index < -0.39 is 6.16 Å². The van der Waals surface area contributed by atoms with E-state index in [4.69, 9.17) is 0 Å². The number of carbonyl (C=O) groups excluding carboxylic acids is 1. The minimum atomic E-state index is -1.51. The Morgan fingerprint density at radius 3 is 1.77 bits per heavy atom. The van der Waals surface area contributed by atoms with Gasteiger partial charge in [-0.2, -0.15) is 0 Å². The van der Waals surface area contributed by atoms with Gasteiger partial charge in [-0.3, -0.25) is 0 Å². The summed E-state index contributed by atoms with van der Waals surface area (Å²) in [5, 5.41) is 9.38. The lowest BCUT2D eigenvalue weighted by atomic mass is 10.1. The normalized spacial score (nSPS) is 10.5. The molecule has 0 aromatic heterocycles. The van der Waals surface area contributed by atoms with Crippen molar-refractivity contribution in [2.45, 2.75) is 64.7 Å². The number of unbranched alkanes of at least 4 members (excludes halogenated alkanes) is 8. The Labute approximate surface area is 137 Å². The van der Waals surface area contributed by atoms with Crippen molar-refractivity contribution in [3.05, 3.63) is 12.7 Å². The zero-order chi connectivity index (χ0) is 17.3. The number of ether oxygens (including phenoxy) is 1. The maximum absolute atomic E-state index is 9.38. The van der Waals surface area contributed by atoms with Crippen molar-refractivity contribution in [1.82, 2.24) is 0 Å². The molecule has 132 valence electrons. The van der Waals surface area contributed by atoms with Gasteiger partial charge in [0.15, 0.2) is 0 Å². The molecule has 4 nitrogen and oxygen atoms in total. The molecule has 0 unspecified atom stereocenters. The topological polar surface area (TPSA) is 49.4 Å². The van der Waals surface area contributed by atoms with Crippen LogP contribution in [-0.2, 0) is 4.74 Å². The fourth-order valence-electron chi connectivity index (χ4n) is 2.02. The lowest BCUT2D eigenvalue weighted by molar-refractivity contribution is -0.870. The summed E-state index contributed by atoms with van der Waals surface area (Å²) in [6, 6.07) is 0. The van der Waals surface area contributed by atoms with E-state index in [1.165, 1.54) is 70.4 Å². The zero-order valence-electron chi connectivity index (χ0n) is 15.2.